The van der Waals surface area contributed by atoms with Crippen LogP contribution < -0.4 is 5.32 Å². The predicted molar refractivity (Wildman–Crippen MR) is 146 cm³/mol. The van der Waals surface area contributed by atoms with Gasteiger partial charge in [-0.25, -0.2) is 0 Å². The number of hydrogen-bond donors (Lipinski definition) is 1. The third-order valence-corrected chi connectivity index (χ3v) is 7.67. The number of nitrogens with zero attached hydrogens (tertiary/aromatic N) is 1. The van der Waals surface area contributed by atoms with Gasteiger partial charge in [0.2, 0.25) is 11.8 Å². The summed E-state index contributed by atoms with van der Waals surface area (Å²) in [7, 11) is 0. The van der Waals surface area contributed by atoms with Gasteiger partial charge >= 0.3 is 0 Å². The molecule has 2 amide bonds. The average molecular weight is 524 g/mol. The molecule has 0 unspecified atom stereocenters. The number of halogens is 2. The summed E-state index contributed by atoms with van der Waals surface area (Å²) in [6.07, 6.45) is 4.76. The number of hydrogen-bond acceptors (Lipinski definition) is 2. The summed E-state index contributed by atoms with van der Waals surface area (Å²) in [6.45, 7) is 2.14. The van der Waals surface area contributed by atoms with E-state index in [1.54, 1.807) is 23.1 Å². The third kappa shape index (κ3) is 6.68. The van der Waals surface area contributed by atoms with Crippen molar-refractivity contribution < 1.29 is 9.59 Å². The molecule has 6 heteroatoms. The maximum absolute atomic E-state index is 13.9. The van der Waals surface area contributed by atoms with Crippen LogP contribution in [0.5, 0.6) is 0 Å². The third-order valence-electron chi connectivity index (χ3n) is 6.97. The monoisotopic (exact) mass is 522 g/mol. The number of carbonyl (C=O) groups is 2. The van der Waals surface area contributed by atoms with Crippen molar-refractivity contribution in [1.29, 1.82) is 0 Å². The highest BCUT2D eigenvalue weighted by atomic mass is 35.5. The lowest BCUT2D eigenvalue weighted by molar-refractivity contribution is -0.141. The molecular formula is C30H32Cl2N2O2. The van der Waals surface area contributed by atoms with Gasteiger partial charge in [0.25, 0.3) is 0 Å². The minimum absolute atomic E-state index is 0.132. The van der Waals surface area contributed by atoms with E-state index in [0.717, 1.165) is 42.4 Å². The fourth-order valence-corrected chi connectivity index (χ4v) is 5.37. The van der Waals surface area contributed by atoms with Gasteiger partial charge in [-0.15, -0.1) is 0 Å². The summed E-state index contributed by atoms with van der Waals surface area (Å²) in [6, 6.07) is 22.4. The first-order valence-corrected chi connectivity index (χ1v) is 13.3. The first-order valence-electron chi connectivity index (χ1n) is 12.5. The topological polar surface area (TPSA) is 49.4 Å². The van der Waals surface area contributed by atoms with Crippen molar-refractivity contribution in [3.05, 3.63) is 105 Å². The molecule has 0 heterocycles. The summed E-state index contributed by atoms with van der Waals surface area (Å²) in [5.41, 5.74) is 3.61. The summed E-state index contributed by atoms with van der Waals surface area (Å²) >= 11 is 13.0. The highest BCUT2D eigenvalue weighted by Gasteiger charge is 2.33. The van der Waals surface area contributed by atoms with E-state index in [1.165, 1.54) is 0 Å². The molecule has 0 bridgehead atoms. The van der Waals surface area contributed by atoms with Crippen molar-refractivity contribution >= 4 is 35.0 Å². The molecular weight excluding hydrogens is 491 g/mol. The summed E-state index contributed by atoms with van der Waals surface area (Å²) in [4.78, 5) is 29.3. The number of rotatable bonds is 9. The molecule has 4 nitrogen and oxygen atoms in total. The molecule has 1 fully saturated rings. The molecule has 1 aliphatic carbocycles. The van der Waals surface area contributed by atoms with E-state index in [4.69, 9.17) is 23.2 Å². The number of amides is 2. The van der Waals surface area contributed by atoms with Crippen LogP contribution in [0.1, 0.15) is 47.9 Å². The van der Waals surface area contributed by atoms with E-state index in [9.17, 15) is 9.59 Å². The van der Waals surface area contributed by atoms with E-state index in [-0.39, 0.29) is 30.8 Å². The molecule has 1 atom stereocenters. The Hall–Kier alpha value is -2.82. The Morgan fingerprint density at radius 3 is 2.22 bits per heavy atom. The second-order valence-corrected chi connectivity index (χ2v) is 10.3. The van der Waals surface area contributed by atoms with Crippen LogP contribution in [0.3, 0.4) is 0 Å². The van der Waals surface area contributed by atoms with Crippen molar-refractivity contribution in [2.75, 3.05) is 0 Å². The maximum atomic E-state index is 13.9. The molecule has 0 saturated heterocycles. The zero-order valence-electron chi connectivity index (χ0n) is 20.6. The van der Waals surface area contributed by atoms with E-state index >= 15 is 0 Å². The fraction of sp³-hybridized carbons (Fsp3) is 0.333. The van der Waals surface area contributed by atoms with Crippen LogP contribution in [0, 0.1) is 6.92 Å². The molecule has 0 aliphatic heterocycles. The Balaban J connectivity index is 1.71. The SMILES string of the molecule is Cc1ccccc1CC(=O)N(Cc1c(Cl)cccc1Cl)[C@H](Cc1ccccc1)C(=O)NC1CCCC1. The van der Waals surface area contributed by atoms with Crippen molar-refractivity contribution in [3.63, 3.8) is 0 Å². The van der Waals surface area contributed by atoms with Crippen LogP contribution >= 0.6 is 23.2 Å². The lowest BCUT2D eigenvalue weighted by Crippen LogP contribution is -2.52. The first-order chi connectivity index (χ1) is 17.4. The number of nitrogens with one attached hydrogen (secondary N) is 1. The molecule has 0 aromatic heterocycles. The maximum Gasteiger partial charge on any atom is 0.243 e. The molecule has 36 heavy (non-hydrogen) atoms. The Morgan fingerprint density at radius 2 is 1.56 bits per heavy atom. The molecule has 0 radical (unpaired) electrons. The van der Waals surface area contributed by atoms with Crippen molar-refractivity contribution in [2.24, 2.45) is 0 Å². The van der Waals surface area contributed by atoms with Gasteiger partial charge < -0.3 is 10.2 Å². The van der Waals surface area contributed by atoms with Crippen molar-refractivity contribution in [2.45, 2.75) is 64.1 Å². The van der Waals surface area contributed by atoms with Gasteiger partial charge in [-0.1, -0.05) is 96.7 Å². The highest BCUT2D eigenvalue weighted by Crippen LogP contribution is 2.28. The molecule has 1 aliphatic rings. The number of aryl methyl sites for hydroxylation is 1. The lowest BCUT2D eigenvalue weighted by atomic mass is 10.00. The molecule has 1 saturated carbocycles. The zero-order valence-corrected chi connectivity index (χ0v) is 22.1. The molecule has 3 aromatic rings. The highest BCUT2D eigenvalue weighted by molar-refractivity contribution is 6.36. The standard InChI is InChI=1S/C30H32Cl2N2O2/c1-21-10-5-6-13-23(21)19-29(35)34(20-25-26(31)16-9-17-27(25)32)28(18-22-11-3-2-4-12-22)30(36)33-24-14-7-8-15-24/h2-6,9-13,16-17,24,28H,7-8,14-15,18-20H2,1H3,(H,33,36)/t28-/m1/s1. The zero-order chi connectivity index (χ0) is 25.5. The Labute approximate surface area is 223 Å². The fourth-order valence-electron chi connectivity index (χ4n) is 4.85. The van der Waals surface area contributed by atoms with Gasteiger partial charge in [0.15, 0.2) is 0 Å². The van der Waals surface area contributed by atoms with Crippen LogP contribution in [0.25, 0.3) is 0 Å². The number of carbonyl (C=O) groups excluding carboxylic acids is 2. The van der Waals surface area contributed by atoms with Crippen LogP contribution in [0.2, 0.25) is 10.0 Å². The van der Waals surface area contributed by atoms with E-state index in [0.29, 0.717) is 22.0 Å². The minimum Gasteiger partial charge on any atom is -0.352 e. The molecule has 1 N–H and O–H groups in total. The molecule has 0 spiro atoms. The molecule has 188 valence electrons. The smallest absolute Gasteiger partial charge is 0.243 e. The number of benzene rings is 3. The van der Waals surface area contributed by atoms with Crippen molar-refractivity contribution in [1.82, 2.24) is 10.2 Å². The summed E-state index contributed by atoms with van der Waals surface area (Å²) in [5, 5.41) is 4.18. The Bertz CT molecular complexity index is 1170. The average Bonchev–Trinajstić information content (AvgIpc) is 3.38. The first kappa shape index (κ1) is 26.2. The summed E-state index contributed by atoms with van der Waals surface area (Å²) < 4.78 is 0. The van der Waals surface area contributed by atoms with Gasteiger partial charge in [-0.2, -0.15) is 0 Å². The lowest BCUT2D eigenvalue weighted by Gasteiger charge is -2.33. The minimum atomic E-state index is -0.697. The van der Waals surface area contributed by atoms with Gasteiger partial charge in [0, 0.05) is 34.6 Å². The molecule has 3 aromatic carbocycles. The normalized spacial score (nSPS) is 14.4. The summed E-state index contributed by atoms with van der Waals surface area (Å²) in [5.74, 6) is -0.269. The predicted octanol–water partition coefficient (Wildman–Crippen LogP) is 6.54. The van der Waals surface area contributed by atoms with Crippen LogP contribution in [-0.4, -0.2) is 28.8 Å². The second-order valence-electron chi connectivity index (χ2n) is 9.52. The van der Waals surface area contributed by atoms with Gasteiger partial charge in [0.05, 0.1) is 6.42 Å². The second kappa shape index (κ2) is 12.4. The van der Waals surface area contributed by atoms with Crippen LogP contribution in [0.4, 0.5) is 0 Å². The van der Waals surface area contributed by atoms with Gasteiger partial charge in [-0.05, 0) is 48.6 Å². The Morgan fingerprint density at radius 1 is 0.917 bits per heavy atom. The Kier molecular flexibility index (Phi) is 9.06. The van der Waals surface area contributed by atoms with Crippen LogP contribution in [0.15, 0.2) is 72.8 Å². The van der Waals surface area contributed by atoms with Gasteiger partial charge in [-0.3, -0.25) is 9.59 Å². The van der Waals surface area contributed by atoms with E-state index < -0.39 is 6.04 Å². The van der Waals surface area contributed by atoms with E-state index in [1.807, 2.05) is 61.5 Å². The largest absolute Gasteiger partial charge is 0.352 e. The van der Waals surface area contributed by atoms with Gasteiger partial charge in [0.1, 0.15) is 6.04 Å². The van der Waals surface area contributed by atoms with Crippen molar-refractivity contribution in [3.8, 4) is 0 Å². The van der Waals surface area contributed by atoms with Crippen LogP contribution in [-0.2, 0) is 29.0 Å². The van der Waals surface area contributed by atoms with E-state index in [2.05, 4.69) is 5.32 Å². The molecule has 4 rings (SSSR count). The quantitative estimate of drug-likeness (QED) is 0.346.